The third-order valence-electron chi connectivity index (χ3n) is 2.36. The van der Waals surface area contributed by atoms with Crippen molar-refractivity contribution in [2.75, 3.05) is 0 Å². The average Bonchev–Trinajstić information content (AvgIpc) is 2.69. The SMILES string of the molecule is CC(=O)/C=C\c1cccc2[nH]cc(C#N)c12. The molecular weight excluding hydrogens is 200 g/mol. The first kappa shape index (κ1) is 10.2. The van der Waals surface area contributed by atoms with Gasteiger partial charge in [0.2, 0.25) is 0 Å². The van der Waals surface area contributed by atoms with Gasteiger partial charge in [0.05, 0.1) is 5.56 Å². The van der Waals surface area contributed by atoms with Crippen LogP contribution in [-0.4, -0.2) is 10.8 Å². The Hall–Kier alpha value is -2.34. The summed E-state index contributed by atoms with van der Waals surface area (Å²) in [4.78, 5) is 13.9. The second kappa shape index (κ2) is 4.03. The Bertz CT molecular complexity index is 614. The molecule has 1 aromatic heterocycles. The molecule has 2 rings (SSSR count). The summed E-state index contributed by atoms with van der Waals surface area (Å²) in [7, 11) is 0. The van der Waals surface area contributed by atoms with Gasteiger partial charge < -0.3 is 4.98 Å². The summed E-state index contributed by atoms with van der Waals surface area (Å²) in [5.74, 6) is -0.00829. The number of rotatable bonds is 2. The summed E-state index contributed by atoms with van der Waals surface area (Å²) in [6, 6.07) is 7.81. The van der Waals surface area contributed by atoms with Gasteiger partial charge >= 0.3 is 0 Å². The zero-order valence-electron chi connectivity index (χ0n) is 8.82. The lowest BCUT2D eigenvalue weighted by molar-refractivity contribution is -0.112. The summed E-state index contributed by atoms with van der Waals surface area (Å²) < 4.78 is 0. The van der Waals surface area contributed by atoms with Crippen LogP contribution in [0.1, 0.15) is 18.1 Å². The molecule has 0 saturated carbocycles. The number of carbonyl (C=O) groups excluding carboxylic acids is 1. The van der Waals surface area contributed by atoms with Crippen molar-refractivity contribution in [1.82, 2.24) is 4.98 Å². The van der Waals surface area contributed by atoms with Crippen LogP contribution in [0, 0.1) is 11.3 Å². The molecule has 16 heavy (non-hydrogen) atoms. The van der Waals surface area contributed by atoms with E-state index in [-0.39, 0.29) is 5.78 Å². The lowest BCUT2D eigenvalue weighted by Crippen LogP contribution is -1.82. The average molecular weight is 210 g/mol. The molecular formula is C13H10N2O. The number of aromatic amines is 1. The topological polar surface area (TPSA) is 56.6 Å². The lowest BCUT2D eigenvalue weighted by Gasteiger charge is -1.96. The maximum atomic E-state index is 10.9. The van der Waals surface area contributed by atoms with Gasteiger partial charge in [-0.2, -0.15) is 5.26 Å². The van der Waals surface area contributed by atoms with Crippen molar-refractivity contribution in [2.24, 2.45) is 0 Å². The van der Waals surface area contributed by atoms with E-state index in [1.165, 1.54) is 13.0 Å². The molecule has 0 aliphatic heterocycles. The van der Waals surface area contributed by atoms with E-state index in [2.05, 4.69) is 11.1 Å². The van der Waals surface area contributed by atoms with Crippen LogP contribution in [0.2, 0.25) is 0 Å². The van der Waals surface area contributed by atoms with Crippen LogP contribution in [-0.2, 0) is 4.79 Å². The van der Waals surface area contributed by atoms with Crippen LogP contribution < -0.4 is 0 Å². The molecule has 0 saturated heterocycles. The molecule has 0 spiro atoms. The number of nitrogens with one attached hydrogen (secondary N) is 1. The van der Waals surface area contributed by atoms with Crippen LogP contribution >= 0.6 is 0 Å². The summed E-state index contributed by atoms with van der Waals surface area (Å²) in [6.07, 6.45) is 4.91. The number of benzene rings is 1. The van der Waals surface area contributed by atoms with Gasteiger partial charge in [-0.05, 0) is 24.6 Å². The zero-order chi connectivity index (χ0) is 11.5. The first-order valence-electron chi connectivity index (χ1n) is 4.91. The van der Waals surface area contributed by atoms with Crippen molar-refractivity contribution in [1.29, 1.82) is 5.26 Å². The molecule has 0 aliphatic carbocycles. The third-order valence-corrected chi connectivity index (χ3v) is 2.36. The molecule has 2 aromatic rings. The standard InChI is InChI=1S/C13H10N2O/c1-9(16)5-6-10-3-2-4-12-13(10)11(7-14)8-15-12/h2-6,8,15H,1H3/b6-5-. The second-order valence-corrected chi connectivity index (χ2v) is 3.53. The molecule has 3 nitrogen and oxygen atoms in total. The van der Waals surface area contributed by atoms with Gasteiger partial charge in [-0.15, -0.1) is 0 Å². The Morgan fingerprint density at radius 3 is 3.00 bits per heavy atom. The molecule has 3 heteroatoms. The van der Waals surface area contributed by atoms with Crippen LogP contribution in [0.4, 0.5) is 0 Å². The van der Waals surface area contributed by atoms with Crippen molar-refractivity contribution in [3.05, 3.63) is 41.6 Å². The molecule has 0 amide bonds. The number of fused-ring (bicyclic) bond motifs is 1. The summed E-state index contributed by atoms with van der Waals surface area (Å²) in [5, 5.41) is 9.83. The molecule has 1 N–H and O–H groups in total. The van der Waals surface area contributed by atoms with E-state index in [1.54, 1.807) is 12.3 Å². The minimum absolute atomic E-state index is 0.00829. The van der Waals surface area contributed by atoms with E-state index < -0.39 is 0 Å². The van der Waals surface area contributed by atoms with Crippen LogP contribution in [0.25, 0.3) is 17.0 Å². The zero-order valence-corrected chi connectivity index (χ0v) is 8.82. The van der Waals surface area contributed by atoms with Crippen LogP contribution in [0.15, 0.2) is 30.5 Å². The molecule has 1 aromatic carbocycles. The van der Waals surface area contributed by atoms with E-state index in [0.717, 1.165) is 16.5 Å². The quantitative estimate of drug-likeness (QED) is 0.774. The molecule has 1 heterocycles. The summed E-state index contributed by atoms with van der Waals surface area (Å²) in [6.45, 7) is 1.50. The smallest absolute Gasteiger partial charge is 0.152 e. The van der Waals surface area contributed by atoms with Crippen molar-refractivity contribution >= 4 is 22.8 Å². The predicted molar refractivity (Wildman–Crippen MR) is 62.7 cm³/mol. The number of nitriles is 1. The van der Waals surface area contributed by atoms with Gasteiger partial charge in [0.1, 0.15) is 6.07 Å². The Kier molecular flexibility index (Phi) is 2.57. The molecule has 0 fully saturated rings. The minimum Gasteiger partial charge on any atom is -0.360 e. The highest BCUT2D eigenvalue weighted by Gasteiger charge is 2.05. The number of allylic oxidation sites excluding steroid dienone is 1. The highest BCUT2D eigenvalue weighted by atomic mass is 16.1. The van der Waals surface area contributed by atoms with Crippen molar-refractivity contribution in [3.63, 3.8) is 0 Å². The molecule has 0 aliphatic rings. The first-order valence-corrected chi connectivity index (χ1v) is 4.91. The van der Waals surface area contributed by atoms with Gasteiger partial charge in [-0.1, -0.05) is 18.2 Å². The molecule has 0 unspecified atom stereocenters. The number of hydrogen-bond donors (Lipinski definition) is 1. The predicted octanol–water partition coefficient (Wildman–Crippen LogP) is 2.64. The Morgan fingerprint density at radius 2 is 2.31 bits per heavy atom. The van der Waals surface area contributed by atoms with Gasteiger partial charge in [0.25, 0.3) is 0 Å². The van der Waals surface area contributed by atoms with Crippen LogP contribution in [0.5, 0.6) is 0 Å². The van der Waals surface area contributed by atoms with Crippen molar-refractivity contribution in [2.45, 2.75) is 6.92 Å². The number of carbonyl (C=O) groups is 1. The monoisotopic (exact) mass is 210 g/mol. The Morgan fingerprint density at radius 1 is 1.50 bits per heavy atom. The third kappa shape index (κ3) is 1.73. The Labute approximate surface area is 93.0 Å². The molecule has 0 bridgehead atoms. The normalized spacial score (nSPS) is 10.8. The maximum Gasteiger partial charge on any atom is 0.152 e. The van der Waals surface area contributed by atoms with E-state index >= 15 is 0 Å². The number of nitrogens with zero attached hydrogens (tertiary/aromatic N) is 1. The molecule has 0 radical (unpaired) electrons. The van der Waals surface area contributed by atoms with Gasteiger partial charge in [0.15, 0.2) is 5.78 Å². The number of ketones is 1. The highest BCUT2D eigenvalue weighted by Crippen LogP contribution is 2.23. The van der Waals surface area contributed by atoms with Crippen LogP contribution in [0.3, 0.4) is 0 Å². The number of hydrogen-bond acceptors (Lipinski definition) is 2. The van der Waals surface area contributed by atoms with Crippen molar-refractivity contribution < 1.29 is 4.79 Å². The maximum absolute atomic E-state index is 10.9. The van der Waals surface area contributed by atoms with E-state index in [4.69, 9.17) is 5.26 Å². The highest BCUT2D eigenvalue weighted by molar-refractivity contribution is 5.98. The van der Waals surface area contributed by atoms with Gasteiger partial charge in [-0.25, -0.2) is 0 Å². The fourth-order valence-electron chi connectivity index (χ4n) is 1.65. The van der Waals surface area contributed by atoms with Crippen molar-refractivity contribution in [3.8, 4) is 6.07 Å². The first-order chi connectivity index (χ1) is 7.72. The largest absolute Gasteiger partial charge is 0.360 e. The number of H-pyrrole nitrogens is 1. The van der Waals surface area contributed by atoms with E-state index in [1.807, 2.05) is 18.2 Å². The Balaban J connectivity index is 2.65. The van der Waals surface area contributed by atoms with Gasteiger partial charge in [0, 0.05) is 17.1 Å². The van der Waals surface area contributed by atoms with E-state index in [0.29, 0.717) is 5.56 Å². The van der Waals surface area contributed by atoms with Gasteiger partial charge in [-0.3, -0.25) is 4.79 Å². The summed E-state index contributed by atoms with van der Waals surface area (Å²) in [5.41, 5.74) is 2.38. The second-order valence-electron chi connectivity index (χ2n) is 3.53. The fourth-order valence-corrected chi connectivity index (χ4v) is 1.65. The fraction of sp³-hybridized carbons (Fsp3) is 0.0769. The summed E-state index contributed by atoms with van der Waals surface area (Å²) >= 11 is 0. The number of aromatic nitrogens is 1. The minimum atomic E-state index is -0.00829. The lowest BCUT2D eigenvalue weighted by atomic mass is 10.1. The van der Waals surface area contributed by atoms with E-state index in [9.17, 15) is 4.79 Å². The molecule has 78 valence electrons. The molecule has 0 atom stereocenters.